The van der Waals surface area contributed by atoms with Gasteiger partial charge in [-0.1, -0.05) is 55.4 Å². The minimum Gasteiger partial charge on any atom is -0.543 e. The number of hydrogen-bond donors (Lipinski definition) is 0. The summed E-state index contributed by atoms with van der Waals surface area (Å²) in [7, 11) is -4.02. The number of hydrazone groups is 1. The Morgan fingerprint density at radius 3 is 1.62 bits per heavy atom. The number of hydrogen-bond acceptors (Lipinski definition) is 13. The van der Waals surface area contributed by atoms with Gasteiger partial charge in [-0.3, -0.25) is 19.3 Å². The van der Waals surface area contributed by atoms with Crippen molar-refractivity contribution in [2.75, 3.05) is 33.0 Å². The van der Waals surface area contributed by atoms with Gasteiger partial charge in [-0.05, 0) is 144 Å². The van der Waals surface area contributed by atoms with E-state index in [0.29, 0.717) is 13.2 Å². The third kappa shape index (κ3) is 12.3. The summed E-state index contributed by atoms with van der Waals surface area (Å²) < 4.78 is 41.6. The van der Waals surface area contributed by atoms with Gasteiger partial charge >= 0.3 is 11.9 Å². The van der Waals surface area contributed by atoms with E-state index >= 15 is 0 Å². The number of nitrogens with zero attached hydrogens (tertiary/aromatic N) is 8. The Labute approximate surface area is 429 Å². The smallest absolute Gasteiger partial charge is 0.327 e. The lowest BCUT2D eigenvalue weighted by molar-refractivity contribution is -0.145. The summed E-state index contributed by atoms with van der Waals surface area (Å²) >= 11 is 0. The highest BCUT2D eigenvalue weighted by Gasteiger charge is 2.41. The summed E-state index contributed by atoms with van der Waals surface area (Å²) in [6, 6.07) is 14.7. The van der Waals surface area contributed by atoms with Crippen LogP contribution in [-0.2, 0) is 41.5 Å². The Kier molecular flexibility index (Phi) is 17.2. The molecule has 3 unspecified atom stereocenters. The number of aromatic nitrogens is 6. The number of rotatable bonds is 16. The molecule has 0 N–H and O–H groups in total. The molecule has 2 fully saturated rings. The largest absolute Gasteiger partial charge is 0.543 e. The molecule has 0 bridgehead atoms. The fraction of sp³-hybridized carbons (Fsp3) is 0.630. The van der Waals surface area contributed by atoms with E-state index in [-0.39, 0.29) is 53.6 Å². The second kappa shape index (κ2) is 22.6. The van der Waals surface area contributed by atoms with Crippen LogP contribution in [0, 0.1) is 0 Å². The molecule has 0 aliphatic carbocycles. The first-order valence-electron chi connectivity index (χ1n) is 26.5. The maximum absolute atomic E-state index is 12.2. The quantitative estimate of drug-likeness (QED) is 0.0681. The minimum absolute atomic E-state index is 0.0817. The SMILES string of the molecule is CCOC(=O)CN1N=C(c2nn(C3CCCCO3)c3ccc(O[Si](C)(C)C(C)(C)C)cc23)CC1CC.CCOC(=O)Cn1nc(-c2nn(C3CCCCO3)c3ccc(O[Si](C)(C)C(C)(C)C)cc23)cc1CC. The van der Waals surface area contributed by atoms with Gasteiger partial charge in [-0.15, -0.1) is 0 Å². The summed E-state index contributed by atoms with van der Waals surface area (Å²) in [6.07, 6.45) is 8.45. The van der Waals surface area contributed by atoms with Crippen molar-refractivity contribution in [2.45, 2.75) is 188 Å². The van der Waals surface area contributed by atoms with E-state index in [0.717, 1.165) is 133 Å². The van der Waals surface area contributed by atoms with E-state index in [1.807, 2.05) is 40.4 Å². The summed E-state index contributed by atoms with van der Waals surface area (Å²) in [5.74, 6) is 1.17. The van der Waals surface area contributed by atoms with Gasteiger partial charge in [0.1, 0.15) is 41.7 Å². The normalized spacial score (nSPS) is 19.0. The number of ether oxygens (including phenoxy) is 4. The van der Waals surface area contributed by atoms with Crippen LogP contribution in [-0.4, -0.2) is 108 Å². The molecule has 3 aliphatic heterocycles. The summed E-state index contributed by atoms with van der Waals surface area (Å²) in [5.41, 5.74) is 6.25. The summed E-state index contributed by atoms with van der Waals surface area (Å²) in [5, 5.41) is 23.8. The topological polar surface area (TPSA) is 159 Å². The predicted octanol–water partition coefficient (Wildman–Crippen LogP) is 12.0. The van der Waals surface area contributed by atoms with Gasteiger partial charge in [0.2, 0.25) is 16.6 Å². The first-order valence-corrected chi connectivity index (χ1v) is 32.3. The van der Waals surface area contributed by atoms with E-state index in [4.69, 9.17) is 48.2 Å². The molecule has 8 rings (SSSR count). The maximum Gasteiger partial charge on any atom is 0.327 e. The number of carbonyl (C=O) groups excluding carboxylic acids is 2. The molecule has 6 heterocycles. The number of carbonyl (C=O) groups is 2. The highest BCUT2D eigenvalue weighted by atomic mass is 28.4. The second-order valence-corrected chi connectivity index (χ2v) is 31.8. The van der Waals surface area contributed by atoms with Gasteiger partial charge in [0.25, 0.3) is 0 Å². The summed E-state index contributed by atoms with van der Waals surface area (Å²) in [6.45, 7) is 32.7. The monoisotopic (exact) mass is 1030 g/mol. The molecule has 72 heavy (non-hydrogen) atoms. The highest BCUT2D eigenvalue weighted by molar-refractivity contribution is 6.75. The standard InChI is InChI=1S/C27H42N4O4Si.C27H40N4O4Si/c2*1-8-19-16-22(28-30(19)18-25(32)33-9-2)26-21-17-20(35-36(6,7)27(3,4)5)13-14-23(21)31(29-26)24-12-10-11-15-34-24/h13-14,17,19,24H,8-12,15-16,18H2,1-7H3;13-14,16-17,24H,8-12,15,18H2,1-7H3. The predicted molar refractivity (Wildman–Crippen MR) is 289 cm³/mol. The van der Waals surface area contributed by atoms with Crippen molar-refractivity contribution < 1.29 is 37.4 Å². The van der Waals surface area contributed by atoms with Crippen LogP contribution in [0.3, 0.4) is 0 Å². The van der Waals surface area contributed by atoms with Crippen LogP contribution in [0.5, 0.6) is 11.5 Å². The molecule has 0 saturated carbocycles. The van der Waals surface area contributed by atoms with Crippen LogP contribution in [0.4, 0.5) is 0 Å². The van der Waals surface area contributed by atoms with Crippen molar-refractivity contribution in [3.05, 3.63) is 53.9 Å². The van der Waals surface area contributed by atoms with Crippen LogP contribution in [0.1, 0.15) is 144 Å². The molecular weight excluding hydrogens is 945 g/mol. The zero-order valence-corrected chi connectivity index (χ0v) is 47.7. The lowest BCUT2D eigenvalue weighted by atomic mass is 10.0. The van der Waals surface area contributed by atoms with Crippen molar-refractivity contribution in [1.29, 1.82) is 0 Å². The second-order valence-electron chi connectivity index (χ2n) is 22.4. The van der Waals surface area contributed by atoms with E-state index in [9.17, 15) is 9.59 Å². The third-order valence-corrected chi connectivity index (χ3v) is 23.8. The van der Waals surface area contributed by atoms with Crippen molar-refractivity contribution in [2.24, 2.45) is 5.10 Å². The van der Waals surface area contributed by atoms with Crippen LogP contribution in [0.15, 0.2) is 47.6 Å². The molecule has 18 heteroatoms. The summed E-state index contributed by atoms with van der Waals surface area (Å²) in [4.78, 5) is 24.4. The molecule has 5 aromatic rings. The van der Waals surface area contributed by atoms with E-state index in [1.165, 1.54) is 0 Å². The Morgan fingerprint density at radius 2 is 1.17 bits per heavy atom. The van der Waals surface area contributed by atoms with E-state index in [2.05, 4.69) is 112 Å². The molecule has 3 aromatic heterocycles. The molecule has 2 aromatic carbocycles. The van der Waals surface area contributed by atoms with Gasteiger partial charge in [0.15, 0.2) is 12.5 Å². The molecule has 394 valence electrons. The highest BCUT2D eigenvalue weighted by Crippen LogP contribution is 2.42. The first-order chi connectivity index (χ1) is 34.1. The molecule has 3 atom stereocenters. The van der Waals surface area contributed by atoms with Crippen molar-refractivity contribution in [3.63, 3.8) is 0 Å². The zero-order valence-electron chi connectivity index (χ0n) is 45.7. The fourth-order valence-corrected chi connectivity index (χ4v) is 10.9. The Bertz CT molecular complexity index is 2700. The molecule has 3 aliphatic rings. The van der Waals surface area contributed by atoms with E-state index in [1.54, 1.807) is 4.68 Å². The molecular formula is C54H82N8O8Si2. The molecule has 0 spiro atoms. The lowest BCUT2D eigenvalue weighted by Crippen LogP contribution is -2.43. The number of fused-ring (bicyclic) bond motifs is 2. The first kappa shape index (κ1) is 54.7. The van der Waals surface area contributed by atoms with E-state index < -0.39 is 16.6 Å². The van der Waals surface area contributed by atoms with Crippen molar-refractivity contribution in [3.8, 4) is 22.9 Å². The van der Waals surface area contributed by atoms with Gasteiger partial charge in [0.05, 0.1) is 36.0 Å². The van der Waals surface area contributed by atoms with Gasteiger partial charge in [-0.2, -0.15) is 20.4 Å². The Morgan fingerprint density at radius 1 is 0.667 bits per heavy atom. The number of aryl methyl sites for hydroxylation is 1. The van der Waals surface area contributed by atoms with Crippen LogP contribution in [0.25, 0.3) is 33.2 Å². The number of esters is 2. The minimum atomic E-state index is -2.02. The van der Waals surface area contributed by atoms with Crippen LogP contribution in [0.2, 0.25) is 36.3 Å². The van der Waals surface area contributed by atoms with Crippen LogP contribution < -0.4 is 8.85 Å². The fourth-order valence-electron chi connectivity index (χ4n) is 8.87. The Hall–Kier alpha value is -5.05. The maximum atomic E-state index is 12.2. The zero-order chi connectivity index (χ0) is 52.2. The van der Waals surface area contributed by atoms with Gasteiger partial charge in [-0.25, -0.2) is 9.36 Å². The molecule has 0 amide bonds. The number of benzene rings is 2. The van der Waals surface area contributed by atoms with Gasteiger partial charge in [0, 0.05) is 36.1 Å². The molecule has 16 nitrogen and oxygen atoms in total. The van der Waals surface area contributed by atoms with Crippen LogP contribution >= 0.6 is 0 Å². The van der Waals surface area contributed by atoms with Crippen molar-refractivity contribution >= 4 is 56.1 Å². The average Bonchev–Trinajstić information content (AvgIpc) is 4.11. The lowest BCUT2D eigenvalue weighted by Gasteiger charge is -2.36. The Balaban J connectivity index is 0.000000211. The van der Waals surface area contributed by atoms with Gasteiger partial charge < -0.3 is 27.8 Å². The average molecular weight is 1030 g/mol. The third-order valence-electron chi connectivity index (χ3n) is 15.1. The molecule has 2 saturated heterocycles. The van der Waals surface area contributed by atoms with Crippen molar-refractivity contribution in [1.82, 2.24) is 34.4 Å². The molecule has 0 radical (unpaired) electrons.